The van der Waals surface area contributed by atoms with Gasteiger partial charge in [0, 0.05) is 24.7 Å². The van der Waals surface area contributed by atoms with E-state index < -0.39 is 0 Å². The number of fused-ring (bicyclic) bond motifs is 2. The Balaban J connectivity index is 0.00000180. The molecule has 1 aliphatic heterocycles. The molecule has 7 heteroatoms. The molecule has 1 saturated heterocycles. The first-order valence-electron chi connectivity index (χ1n) is 8.95. The predicted octanol–water partition coefficient (Wildman–Crippen LogP) is 3.24. The molecule has 5 rings (SSSR count). The molecule has 0 radical (unpaired) electrons. The van der Waals surface area contributed by atoms with Crippen molar-refractivity contribution < 1.29 is 0 Å². The van der Waals surface area contributed by atoms with Gasteiger partial charge in [-0.15, -0.1) is 12.4 Å². The van der Waals surface area contributed by atoms with Crippen LogP contribution in [0.1, 0.15) is 12.1 Å². The molecule has 2 fully saturated rings. The Morgan fingerprint density at radius 1 is 1.26 bits per heavy atom. The van der Waals surface area contributed by atoms with Gasteiger partial charge in [0.05, 0.1) is 29.8 Å². The number of halogens is 1. The summed E-state index contributed by atoms with van der Waals surface area (Å²) in [6.07, 6.45) is 2.88. The van der Waals surface area contributed by atoms with Crippen LogP contribution in [0, 0.1) is 17.9 Å². The summed E-state index contributed by atoms with van der Waals surface area (Å²) in [5.74, 6) is 1.71. The van der Waals surface area contributed by atoms with Gasteiger partial charge < -0.3 is 15.2 Å². The van der Waals surface area contributed by atoms with E-state index in [1.165, 1.54) is 6.42 Å². The first-order chi connectivity index (χ1) is 12.7. The second-order valence-electron chi connectivity index (χ2n) is 7.45. The Morgan fingerprint density at radius 3 is 2.81 bits per heavy atom. The second-order valence-corrected chi connectivity index (χ2v) is 7.45. The second kappa shape index (κ2) is 6.52. The highest BCUT2D eigenvalue weighted by molar-refractivity contribution is 5.85. The van der Waals surface area contributed by atoms with Crippen LogP contribution in [0.3, 0.4) is 0 Å². The first-order valence-corrected chi connectivity index (χ1v) is 8.95. The number of imidazole rings is 1. The van der Waals surface area contributed by atoms with Crippen LogP contribution >= 0.6 is 12.4 Å². The fourth-order valence-corrected chi connectivity index (χ4v) is 4.26. The summed E-state index contributed by atoms with van der Waals surface area (Å²) in [4.78, 5) is 15.2. The number of rotatable bonds is 4. The molecule has 138 valence electrons. The molecular weight excluding hydrogens is 360 g/mol. The van der Waals surface area contributed by atoms with Crippen LogP contribution in [-0.4, -0.2) is 34.2 Å². The highest BCUT2D eigenvalue weighted by Gasteiger charge is 2.59. The number of anilines is 1. The van der Waals surface area contributed by atoms with E-state index in [0.717, 1.165) is 42.3 Å². The van der Waals surface area contributed by atoms with Crippen molar-refractivity contribution in [1.29, 1.82) is 0 Å². The Kier molecular flexibility index (Phi) is 4.29. The average molecular weight is 381 g/mol. The highest BCUT2D eigenvalue weighted by atomic mass is 35.5. The van der Waals surface area contributed by atoms with Gasteiger partial charge in [-0.3, -0.25) is 4.98 Å². The molecule has 0 unspecified atom stereocenters. The largest absolute Gasteiger partial charge is 0.341 e. The lowest BCUT2D eigenvalue weighted by Crippen LogP contribution is -2.30. The number of piperidine rings is 1. The van der Waals surface area contributed by atoms with E-state index in [2.05, 4.69) is 31.4 Å². The van der Waals surface area contributed by atoms with Crippen molar-refractivity contribution >= 4 is 35.1 Å². The number of nitrogens with two attached hydrogens (primary N) is 1. The third-order valence-corrected chi connectivity index (χ3v) is 5.89. The normalized spacial score (nSPS) is 23.0. The third-order valence-electron chi connectivity index (χ3n) is 5.89. The Hall–Kier alpha value is -2.62. The maximum atomic E-state index is 7.08. The molecule has 27 heavy (non-hydrogen) atoms. The van der Waals surface area contributed by atoms with Gasteiger partial charge >= 0.3 is 0 Å². The van der Waals surface area contributed by atoms with Crippen LogP contribution in [0.25, 0.3) is 15.9 Å². The lowest BCUT2D eigenvalue weighted by Gasteiger charge is -2.22. The molecule has 0 spiro atoms. The van der Waals surface area contributed by atoms with Crippen molar-refractivity contribution in [3.63, 3.8) is 0 Å². The minimum atomic E-state index is 0. The molecule has 1 aliphatic carbocycles. The van der Waals surface area contributed by atoms with Crippen molar-refractivity contribution in [2.24, 2.45) is 17.1 Å². The lowest BCUT2D eigenvalue weighted by atomic mass is 10.1. The van der Waals surface area contributed by atoms with Gasteiger partial charge in [0.25, 0.3) is 0 Å². The molecule has 6 nitrogen and oxygen atoms in total. The summed E-state index contributed by atoms with van der Waals surface area (Å²) in [5.41, 5.74) is 9.94. The summed E-state index contributed by atoms with van der Waals surface area (Å²) >= 11 is 0. The van der Waals surface area contributed by atoms with Crippen LogP contribution in [0.2, 0.25) is 0 Å². The minimum absolute atomic E-state index is 0. The van der Waals surface area contributed by atoms with Crippen molar-refractivity contribution in [3.05, 3.63) is 59.7 Å². The monoisotopic (exact) mass is 380 g/mol. The number of pyridine rings is 1. The minimum Gasteiger partial charge on any atom is -0.341 e. The molecule has 3 aromatic rings. The Labute approximate surface area is 164 Å². The SMILES string of the molecule is Cl.[C-]#[N+]c1ccc(Cn2c(N3C[C@@H]4C[C@]4(CN)C3)nc3ccccc32)nc1. The fraction of sp³-hybridized carbons (Fsp3) is 0.350. The average Bonchev–Trinajstić information content (AvgIpc) is 3.07. The molecule has 3 heterocycles. The van der Waals surface area contributed by atoms with Crippen molar-refractivity contribution in [1.82, 2.24) is 14.5 Å². The summed E-state index contributed by atoms with van der Waals surface area (Å²) in [6.45, 7) is 10.5. The molecular formula is C20H21ClN6. The van der Waals surface area contributed by atoms with Crippen molar-refractivity contribution in [3.8, 4) is 0 Å². The van der Waals surface area contributed by atoms with Gasteiger partial charge in [-0.25, -0.2) is 9.83 Å². The van der Waals surface area contributed by atoms with Crippen LogP contribution in [0.5, 0.6) is 0 Å². The summed E-state index contributed by atoms with van der Waals surface area (Å²) in [6, 6.07) is 12.0. The van der Waals surface area contributed by atoms with E-state index in [0.29, 0.717) is 23.6 Å². The van der Waals surface area contributed by atoms with Gasteiger partial charge in [-0.2, -0.15) is 0 Å². The fourth-order valence-electron chi connectivity index (χ4n) is 4.26. The lowest BCUT2D eigenvalue weighted by molar-refractivity contribution is 0.540. The van der Waals surface area contributed by atoms with E-state index in [4.69, 9.17) is 17.3 Å². The zero-order chi connectivity index (χ0) is 17.7. The van der Waals surface area contributed by atoms with Gasteiger partial charge in [0.2, 0.25) is 11.6 Å². The van der Waals surface area contributed by atoms with Crippen LogP contribution in [-0.2, 0) is 6.54 Å². The van der Waals surface area contributed by atoms with Crippen LogP contribution in [0.4, 0.5) is 11.6 Å². The Morgan fingerprint density at radius 2 is 2.11 bits per heavy atom. The maximum Gasteiger partial charge on any atom is 0.206 e. The number of nitrogens with zero attached hydrogens (tertiary/aromatic N) is 5. The predicted molar refractivity (Wildman–Crippen MR) is 108 cm³/mol. The molecule has 1 aromatic carbocycles. The number of hydrogen-bond acceptors (Lipinski definition) is 4. The number of para-hydroxylation sites is 2. The van der Waals surface area contributed by atoms with Crippen LogP contribution in [0.15, 0.2) is 42.6 Å². The summed E-state index contributed by atoms with van der Waals surface area (Å²) in [7, 11) is 0. The number of hydrogen-bond donors (Lipinski definition) is 1. The van der Waals surface area contributed by atoms with E-state index >= 15 is 0 Å². The molecule has 2 aromatic heterocycles. The van der Waals surface area contributed by atoms with E-state index in [9.17, 15) is 0 Å². The first kappa shape index (κ1) is 17.8. The zero-order valence-corrected chi connectivity index (χ0v) is 15.7. The van der Waals surface area contributed by atoms with Crippen molar-refractivity contribution in [2.75, 3.05) is 24.5 Å². The standard InChI is InChI=1S/C20H20N6.ClH/c1-22-15-6-7-16(23-9-15)11-26-18-5-3-2-4-17(18)24-19(26)25-10-14-8-20(14,12-21)13-25;/h2-7,9,14H,8,10-13,21H2;1H/t14-,20-;/m0./s1. The molecule has 2 atom stereocenters. The molecule has 2 aliphatic rings. The molecule has 0 amide bonds. The Bertz CT molecular complexity index is 1020. The summed E-state index contributed by atoms with van der Waals surface area (Å²) in [5, 5.41) is 0. The maximum absolute atomic E-state index is 7.08. The quantitative estimate of drug-likeness (QED) is 0.706. The molecule has 1 saturated carbocycles. The summed E-state index contributed by atoms with van der Waals surface area (Å²) < 4.78 is 2.24. The number of benzene rings is 1. The van der Waals surface area contributed by atoms with Crippen LogP contribution < -0.4 is 10.6 Å². The van der Waals surface area contributed by atoms with Gasteiger partial charge in [0.15, 0.2) is 0 Å². The van der Waals surface area contributed by atoms with E-state index in [1.54, 1.807) is 6.20 Å². The smallest absolute Gasteiger partial charge is 0.206 e. The molecule has 2 N–H and O–H groups in total. The number of aromatic nitrogens is 3. The van der Waals surface area contributed by atoms with E-state index in [-0.39, 0.29) is 12.4 Å². The topological polar surface area (TPSA) is 64.3 Å². The molecule has 0 bridgehead atoms. The van der Waals surface area contributed by atoms with Gasteiger partial charge in [-0.05, 0) is 37.1 Å². The van der Waals surface area contributed by atoms with Gasteiger partial charge in [0.1, 0.15) is 0 Å². The van der Waals surface area contributed by atoms with E-state index in [1.807, 2.05) is 24.3 Å². The third kappa shape index (κ3) is 2.84. The zero-order valence-electron chi connectivity index (χ0n) is 14.9. The highest BCUT2D eigenvalue weighted by Crippen LogP contribution is 2.57. The van der Waals surface area contributed by atoms with Gasteiger partial charge in [-0.1, -0.05) is 18.2 Å². The van der Waals surface area contributed by atoms with Crippen molar-refractivity contribution in [2.45, 2.75) is 13.0 Å².